The summed E-state index contributed by atoms with van der Waals surface area (Å²) in [5, 5.41) is 9.15. The third-order valence-electron chi connectivity index (χ3n) is 3.85. The number of amides is 3. The van der Waals surface area contributed by atoms with Crippen molar-refractivity contribution in [1.82, 2.24) is 14.7 Å². The van der Waals surface area contributed by atoms with E-state index >= 15 is 0 Å². The van der Waals surface area contributed by atoms with Crippen molar-refractivity contribution in [1.29, 1.82) is 0 Å². The van der Waals surface area contributed by atoms with Crippen LogP contribution in [0, 0.1) is 0 Å². The summed E-state index contributed by atoms with van der Waals surface area (Å²) >= 11 is 1.41. The zero-order chi connectivity index (χ0) is 15.1. The third-order valence-corrected chi connectivity index (χ3v) is 4.86. The number of hydrogen-bond acceptors (Lipinski definition) is 4. The lowest BCUT2D eigenvalue weighted by Gasteiger charge is -2.46. The highest BCUT2D eigenvalue weighted by Gasteiger charge is 2.47. The van der Waals surface area contributed by atoms with Crippen molar-refractivity contribution in [2.45, 2.75) is 25.4 Å². The first kappa shape index (κ1) is 15.0. The van der Waals surface area contributed by atoms with Crippen LogP contribution >= 0.6 is 11.8 Å². The number of carbonyl (C=O) groups is 3. The maximum Gasteiger partial charge on any atom is 0.327 e. The van der Waals surface area contributed by atoms with Gasteiger partial charge in [0.1, 0.15) is 11.6 Å². The molecule has 2 saturated heterocycles. The molecule has 0 aliphatic carbocycles. The lowest BCUT2D eigenvalue weighted by Crippen LogP contribution is -2.66. The summed E-state index contributed by atoms with van der Waals surface area (Å²) in [5.41, 5.74) is -0.944. The highest BCUT2D eigenvalue weighted by atomic mass is 32.2. The van der Waals surface area contributed by atoms with Crippen molar-refractivity contribution in [2.75, 3.05) is 31.8 Å². The van der Waals surface area contributed by atoms with E-state index in [0.717, 1.165) is 0 Å². The molecule has 2 aliphatic rings. The van der Waals surface area contributed by atoms with E-state index in [0.29, 0.717) is 24.7 Å². The molecule has 1 N–H and O–H groups in total. The van der Waals surface area contributed by atoms with Crippen LogP contribution in [0.5, 0.6) is 0 Å². The zero-order valence-electron chi connectivity index (χ0n) is 11.8. The maximum absolute atomic E-state index is 12.6. The molecule has 2 heterocycles. The molecule has 1 atom stereocenters. The summed E-state index contributed by atoms with van der Waals surface area (Å²) in [7, 11) is 1.71. The number of rotatable bonds is 1. The highest BCUT2D eigenvalue weighted by molar-refractivity contribution is 7.99. The second-order valence-corrected chi connectivity index (χ2v) is 6.54. The smallest absolute Gasteiger partial charge is 0.327 e. The lowest BCUT2D eigenvalue weighted by molar-refractivity contribution is -0.145. The molecule has 8 heteroatoms. The molecule has 7 nitrogen and oxygen atoms in total. The second-order valence-electron chi connectivity index (χ2n) is 5.54. The SMILES string of the molecule is CN1CCN(C(=O)N2CSCC2C(=O)O)C(C)(C)C1=O. The number of carboxylic acid groups (broad SMARTS) is 1. The van der Waals surface area contributed by atoms with Crippen LogP contribution in [0.1, 0.15) is 13.8 Å². The number of urea groups is 1. The molecule has 0 spiro atoms. The average molecular weight is 301 g/mol. The minimum absolute atomic E-state index is 0.129. The Kier molecular flexibility index (Phi) is 3.86. The van der Waals surface area contributed by atoms with Crippen molar-refractivity contribution in [3.05, 3.63) is 0 Å². The molecule has 112 valence electrons. The van der Waals surface area contributed by atoms with Crippen molar-refractivity contribution < 1.29 is 19.5 Å². The largest absolute Gasteiger partial charge is 0.480 e. The minimum Gasteiger partial charge on any atom is -0.480 e. The van der Waals surface area contributed by atoms with Gasteiger partial charge in [-0.15, -0.1) is 11.8 Å². The molecule has 0 radical (unpaired) electrons. The van der Waals surface area contributed by atoms with E-state index in [-0.39, 0.29) is 11.9 Å². The standard InChI is InChI=1S/C12H19N3O4S/c1-12(2)10(18)13(3)4-5-15(12)11(19)14-7-20-6-8(14)9(16)17/h8H,4-7H2,1-3H3,(H,16,17). The molecule has 0 aromatic heterocycles. The summed E-state index contributed by atoms with van der Waals surface area (Å²) < 4.78 is 0. The second kappa shape index (κ2) is 5.16. The van der Waals surface area contributed by atoms with Crippen LogP contribution in [-0.4, -0.2) is 81.1 Å². The molecule has 0 bridgehead atoms. The van der Waals surface area contributed by atoms with E-state index in [1.165, 1.54) is 21.6 Å². The van der Waals surface area contributed by atoms with Gasteiger partial charge in [-0.2, -0.15) is 0 Å². The molecule has 0 aromatic carbocycles. The number of hydrogen-bond donors (Lipinski definition) is 1. The molecule has 0 saturated carbocycles. The first-order valence-electron chi connectivity index (χ1n) is 6.41. The summed E-state index contributed by atoms with van der Waals surface area (Å²) in [6, 6.07) is -1.17. The van der Waals surface area contributed by atoms with Gasteiger partial charge < -0.3 is 19.8 Å². The van der Waals surface area contributed by atoms with Crippen LogP contribution in [0.15, 0.2) is 0 Å². The molecule has 2 aliphatic heterocycles. The predicted molar refractivity (Wildman–Crippen MR) is 74.4 cm³/mol. The van der Waals surface area contributed by atoms with Gasteiger partial charge in [0.15, 0.2) is 0 Å². The quantitative estimate of drug-likeness (QED) is 0.744. The Morgan fingerprint density at radius 2 is 2.00 bits per heavy atom. The van der Waals surface area contributed by atoms with Crippen LogP contribution < -0.4 is 0 Å². The number of carboxylic acids is 1. The predicted octanol–water partition coefficient (Wildman–Crippen LogP) is 0.119. The van der Waals surface area contributed by atoms with Crippen molar-refractivity contribution in [3.63, 3.8) is 0 Å². The van der Waals surface area contributed by atoms with Crippen molar-refractivity contribution >= 4 is 29.7 Å². The van der Waals surface area contributed by atoms with E-state index < -0.39 is 17.6 Å². The number of aliphatic carboxylic acids is 1. The fourth-order valence-corrected chi connectivity index (χ4v) is 3.68. The fourth-order valence-electron chi connectivity index (χ4n) is 2.54. The van der Waals surface area contributed by atoms with Gasteiger partial charge in [-0.1, -0.05) is 0 Å². The normalized spacial score (nSPS) is 26.1. The van der Waals surface area contributed by atoms with Crippen molar-refractivity contribution in [2.24, 2.45) is 0 Å². The van der Waals surface area contributed by atoms with Crippen LogP contribution in [0.2, 0.25) is 0 Å². The molecule has 20 heavy (non-hydrogen) atoms. The summed E-state index contributed by atoms with van der Waals surface area (Å²) in [6.45, 7) is 4.28. The Morgan fingerprint density at radius 1 is 1.35 bits per heavy atom. The van der Waals surface area contributed by atoms with E-state index in [1.807, 2.05) is 0 Å². The fraction of sp³-hybridized carbons (Fsp3) is 0.750. The Hall–Kier alpha value is -1.44. The van der Waals surface area contributed by atoms with Crippen LogP contribution in [0.3, 0.4) is 0 Å². The monoisotopic (exact) mass is 301 g/mol. The molecular formula is C12H19N3O4S. The lowest BCUT2D eigenvalue weighted by atomic mass is 9.98. The van der Waals surface area contributed by atoms with Gasteiger partial charge in [-0.3, -0.25) is 4.79 Å². The number of likely N-dealkylation sites (N-methyl/N-ethyl adjacent to an activating group) is 1. The summed E-state index contributed by atoms with van der Waals surface area (Å²) in [4.78, 5) is 40.4. The highest BCUT2D eigenvalue weighted by Crippen LogP contribution is 2.28. The minimum atomic E-state index is -0.999. The van der Waals surface area contributed by atoms with Crippen LogP contribution in [-0.2, 0) is 9.59 Å². The Labute approximate surface area is 121 Å². The molecule has 2 fully saturated rings. The van der Waals surface area contributed by atoms with Gasteiger partial charge in [0.05, 0.1) is 5.88 Å². The average Bonchev–Trinajstić information content (AvgIpc) is 2.85. The van der Waals surface area contributed by atoms with Gasteiger partial charge in [-0.05, 0) is 13.8 Å². The molecule has 0 aromatic rings. The van der Waals surface area contributed by atoms with Gasteiger partial charge in [0.25, 0.3) is 0 Å². The van der Waals surface area contributed by atoms with Gasteiger partial charge >= 0.3 is 12.0 Å². The number of piperazine rings is 1. The van der Waals surface area contributed by atoms with E-state index in [9.17, 15) is 14.4 Å². The third kappa shape index (κ3) is 2.32. The summed E-state index contributed by atoms with van der Waals surface area (Å²) in [6.07, 6.45) is 0. The molecule has 2 rings (SSSR count). The number of nitrogens with zero attached hydrogens (tertiary/aromatic N) is 3. The Morgan fingerprint density at radius 3 is 2.60 bits per heavy atom. The molecule has 3 amide bonds. The van der Waals surface area contributed by atoms with Crippen LogP contribution in [0.25, 0.3) is 0 Å². The Balaban J connectivity index is 2.20. The molecule has 1 unspecified atom stereocenters. The molecular weight excluding hydrogens is 282 g/mol. The van der Waals surface area contributed by atoms with Crippen LogP contribution in [0.4, 0.5) is 4.79 Å². The van der Waals surface area contributed by atoms with E-state index in [1.54, 1.807) is 25.8 Å². The topological polar surface area (TPSA) is 81.2 Å². The van der Waals surface area contributed by atoms with Gasteiger partial charge in [0.2, 0.25) is 5.91 Å². The van der Waals surface area contributed by atoms with Gasteiger partial charge in [-0.25, -0.2) is 9.59 Å². The Bertz CT molecular complexity index is 454. The zero-order valence-corrected chi connectivity index (χ0v) is 12.6. The summed E-state index contributed by atoms with van der Waals surface area (Å²) in [5.74, 6) is -0.382. The first-order chi connectivity index (χ1) is 9.26. The number of carbonyl (C=O) groups excluding carboxylic acids is 2. The van der Waals surface area contributed by atoms with E-state index in [4.69, 9.17) is 5.11 Å². The van der Waals surface area contributed by atoms with Gasteiger partial charge in [0, 0.05) is 25.9 Å². The number of thioether (sulfide) groups is 1. The van der Waals surface area contributed by atoms with E-state index in [2.05, 4.69) is 0 Å². The van der Waals surface area contributed by atoms with Crippen molar-refractivity contribution in [3.8, 4) is 0 Å². The maximum atomic E-state index is 12.6. The first-order valence-corrected chi connectivity index (χ1v) is 7.56.